The van der Waals surface area contributed by atoms with Crippen LogP contribution in [0.4, 0.5) is 11.4 Å². The Kier molecular flexibility index (Phi) is 3.28. The fourth-order valence-electron chi connectivity index (χ4n) is 2.02. The number of hydrogen-bond acceptors (Lipinski definition) is 3. The Bertz CT molecular complexity index is 558. The SMILES string of the molecule is Cc1cc2c(c(NC(=O)CC#N)c1)NC(=O)CC2. The summed E-state index contributed by atoms with van der Waals surface area (Å²) in [6.45, 7) is 1.93. The Morgan fingerprint density at radius 3 is 3.00 bits per heavy atom. The average Bonchev–Trinajstić information content (AvgIpc) is 2.30. The molecule has 0 aromatic heterocycles. The van der Waals surface area contributed by atoms with E-state index in [1.807, 2.05) is 13.0 Å². The fourth-order valence-corrected chi connectivity index (χ4v) is 2.02. The number of hydrogen-bond donors (Lipinski definition) is 2. The minimum absolute atomic E-state index is 0.0536. The second-order valence-corrected chi connectivity index (χ2v) is 4.28. The summed E-state index contributed by atoms with van der Waals surface area (Å²) >= 11 is 0. The van der Waals surface area contributed by atoms with Gasteiger partial charge in [0.05, 0.1) is 17.4 Å². The van der Waals surface area contributed by atoms with E-state index in [0.29, 0.717) is 24.2 Å². The largest absolute Gasteiger partial charge is 0.324 e. The van der Waals surface area contributed by atoms with Gasteiger partial charge in [-0.05, 0) is 30.5 Å². The number of aryl methyl sites for hydroxylation is 2. The van der Waals surface area contributed by atoms with Crippen LogP contribution in [0.1, 0.15) is 24.0 Å². The van der Waals surface area contributed by atoms with Gasteiger partial charge >= 0.3 is 0 Å². The fraction of sp³-hybridized carbons (Fsp3) is 0.308. The maximum atomic E-state index is 11.4. The van der Waals surface area contributed by atoms with Crippen LogP contribution in [0, 0.1) is 18.3 Å². The lowest BCUT2D eigenvalue weighted by molar-refractivity contribution is -0.117. The number of carbonyl (C=O) groups excluding carboxylic acids is 2. The van der Waals surface area contributed by atoms with Crippen molar-refractivity contribution < 1.29 is 9.59 Å². The van der Waals surface area contributed by atoms with Gasteiger partial charge in [0.1, 0.15) is 6.42 Å². The van der Waals surface area contributed by atoms with E-state index < -0.39 is 0 Å². The van der Waals surface area contributed by atoms with Crippen LogP contribution in [0.5, 0.6) is 0 Å². The molecule has 0 radical (unpaired) electrons. The van der Waals surface area contributed by atoms with Crippen molar-refractivity contribution in [3.05, 3.63) is 23.3 Å². The average molecular weight is 243 g/mol. The van der Waals surface area contributed by atoms with Crippen LogP contribution in [0.15, 0.2) is 12.1 Å². The molecule has 1 aliphatic heterocycles. The second-order valence-electron chi connectivity index (χ2n) is 4.28. The lowest BCUT2D eigenvalue weighted by Gasteiger charge is -2.21. The molecule has 1 aromatic carbocycles. The van der Waals surface area contributed by atoms with Crippen LogP contribution in [0.3, 0.4) is 0 Å². The first-order chi connectivity index (χ1) is 8.60. The van der Waals surface area contributed by atoms with E-state index in [2.05, 4.69) is 10.6 Å². The molecule has 5 nitrogen and oxygen atoms in total. The molecule has 5 heteroatoms. The monoisotopic (exact) mass is 243 g/mol. The molecule has 0 atom stereocenters. The van der Waals surface area contributed by atoms with Crippen molar-refractivity contribution in [2.75, 3.05) is 10.6 Å². The molecule has 0 saturated carbocycles. The number of fused-ring (bicyclic) bond motifs is 1. The van der Waals surface area contributed by atoms with Crippen molar-refractivity contribution in [1.82, 2.24) is 0 Å². The Labute approximate surface area is 105 Å². The zero-order valence-corrected chi connectivity index (χ0v) is 10.0. The Hall–Kier alpha value is -2.35. The van der Waals surface area contributed by atoms with E-state index in [0.717, 1.165) is 11.1 Å². The van der Waals surface area contributed by atoms with E-state index in [4.69, 9.17) is 5.26 Å². The summed E-state index contributed by atoms with van der Waals surface area (Å²) < 4.78 is 0. The van der Waals surface area contributed by atoms with Crippen LogP contribution in [0.2, 0.25) is 0 Å². The summed E-state index contributed by atoms with van der Waals surface area (Å²) in [6, 6.07) is 5.58. The summed E-state index contributed by atoms with van der Waals surface area (Å²) in [7, 11) is 0. The highest BCUT2D eigenvalue weighted by molar-refractivity contribution is 6.02. The van der Waals surface area contributed by atoms with Crippen LogP contribution in [-0.4, -0.2) is 11.8 Å². The van der Waals surface area contributed by atoms with Crippen molar-refractivity contribution in [1.29, 1.82) is 5.26 Å². The summed E-state index contributed by atoms with van der Waals surface area (Å²) in [5.41, 5.74) is 3.25. The molecule has 0 unspecified atom stereocenters. The summed E-state index contributed by atoms with van der Waals surface area (Å²) in [5.74, 6) is -0.424. The second kappa shape index (κ2) is 4.88. The zero-order chi connectivity index (χ0) is 13.1. The molecule has 0 spiro atoms. The number of nitrogens with one attached hydrogen (secondary N) is 2. The quantitative estimate of drug-likeness (QED) is 0.829. The highest BCUT2D eigenvalue weighted by Gasteiger charge is 2.19. The lowest BCUT2D eigenvalue weighted by atomic mass is 9.99. The number of carbonyl (C=O) groups is 2. The van der Waals surface area contributed by atoms with Gasteiger partial charge in [-0.25, -0.2) is 0 Å². The maximum absolute atomic E-state index is 11.4. The summed E-state index contributed by atoms with van der Waals surface area (Å²) in [6.07, 6.45) is 0.933. The van der Waals surface area contributed by atoms with Gasteiger partial charge in [-0.2, -0.15) is 5.26 Å². The van der Waals surface area contributed by atoms with Gasteiger partial charge in [0.2, 0.25) is 11.8 Å². The van der Waals surface area contributed by atoms with Crippen molar-refractivity contribution >= 4 is 23.2 Å². The molecule has 1 heterocycles. The van der Waals surface area contributed by atoms with Crippen molar-refractivity contribution in [2.24, 2.45) is 0 Å². The predicted octanol–water partition coefficient (Wildman–Crippen LogP) is 1.73. The van der Waals surface area contributed by atoms with Crippen molar-refractivity contribution in [3.63, 3.8) is 0 Å². The van der Waals surface area contributed by atoms with E-state index in [9.17, 15) is 9.59 Å². The smallest absolute Gasteiger partial charge is 0.238 e. The highest BCUT2D eigenvalue weighted by Crippen LogP contribution is 2.32. The summed E-state index contributed by atoms with van der Waals surface area (Å²) in [4.78, 5) is 22.8. The molecule has 0 fully saturated rings. The van der Waals surface area contributed by atoms with Gasteiger partial charge in [-0.15, -0.1) is 0 Å². The number of benzene rings is 1. The third-order valence-electron chi connectivity index (χ3n) is 2.76. The zero-order valence-electron chi connectivity index (χ0n) is 10.0. The molecule has 92 valence electrons. The molecular weight excluding hydrogens is 230 g/mol. The Morgan fingerprint density at radius 1 is 1.50 bits per heavy atom. The third kappa shape index (κ3) is 2.48. The van der Waals surface area contributed by atoms with Gasteiger partial charge in [0, 0.05) is 6.42 Å². The van der Waals surface area contributed by atoms with Crippen molar-refractivity contribution in [3.8, 4) is 6.07 Å². The first-order valence-electron chi connectivity index (χ1n) is 5.70. The molecule has 0 saturated heterocycles. The molecular formula is C13H13N3O2. The molecule has 18 heavy (non-hydrogen) atoms. The van der Waals surface area contributed by atoms with Gasteiger partial charge in [-0.1, -0.05) is 6.07 Å². The predicted molar refractivity (Wildman–Crippen MR) is 67.0 cm³/mol. The van der Waals surface area contributed by atoms with Crippen molar-refractivity contribution in [2.45, 2.75) is 26.2 Å². The topological polar surface area (TPSA) is 82.0 Å². The van der Waals surface area contributed by atoms with Crippen LogP contribution < -0.4 is 10.6 Å². The van der Waals surface area contributed by atoms with E-state index in [1.165, 1.54) is 0 Å². The number of anilines is 2. The first-order valence-corrected chi connectivity index (χ1v) is 5.70. The molecule has 1 aliphatic rings. The highest BCUT2D eigenvalue weighted by atomic mass is 16.2. The van der Waals surface area contributed by atoms with Crippen LogP contribution in [0.25, 0.3) is 0 Å². The minimum atomic E-state index is -0.370. The number of nitriles is 1. The van der Waals surface area contributed by atoms with Gasteiger partial charge in [0.25, 0.3) is 0 Å². The number of nitrogens with zero attached hydrogens (tertiary/aromatic N) is 1. The molecule has 2 rings (SSSR count). The lowest BCUT2D eigenvalue weighted by Crippen LogP contribution is -2.22. The standard InChI is InChI=1S/C13H13N3O2/c1-8-6-9-2-3-11(17)16-13(9)10(7-8)15-12(18)4-5-14/h6-7H,2-4H2,1H3,(H,15,18)(H,16,17). The Balaban J connectivity index is 2.35. The maximum Gasteiger partial charge on any atom is 0.238 e. The number of rotatable bonds is 2. The van der Waals surface area contributed by atoms with E-state index in [-0.39, 0.29) is 18.2 Å². The minimum Gasteiger partial charge on any atom is -0.324 e. The third-order valence-corrected chi connectivity index (χ3v) is 2.76. The van der Waals surface area contributed by atoms with Gasteiger partial charge < -0.3 is 10.6 Å². The summed E-state index contributed by atoms with van der Waals surface area (Å²) in [5, 5.41) is 13.9. The van der Waals surface area contributed by atoms with Gasteiger partial charge in [0.15, 0.2) is 0 Å². The molecule has 0 aliphatic carbocycles. The first kappa shape index (κ1) is 12.1. The van der Waals surface area contributed by atoms with E-state index in [1.54, 1.807) is 12.1 Å². The van der Waals surface area contributed by atoms with E-state index >= 15 is 0 Å². The normalized spacial score (nSPS) is 13.2. The van der Waals surface area contributed by atoms with Gasteiger partial charge in [-0.3, -0.25) is 9.59 Å². The molecule has 1 aromatic rings. The molecule has 2 N–H and O–H groups in total. The van der Waals surface area contributed by atoms with Crippen LogP contribution in [-0.2, 0) is 16.0 Å². The molecule has 2 amide bonds. The molecule has 0 bridgehead atoms. The van der Waals surface area contributed by atoms with Crippen LogP contribution >= 0.6 is 0 Å². The number of amides is 2. The Morgan fingerprint density at radius 2 is 2.28 bits per heavy atom.